The van der Waals surface area contributed by atoms with Gasteiger partial charge in [-0.15, -0.1) is 0 Å². The van der Waals surface area contributed by atoms with Crippen molar-refractivity contribution in [3.05, 3.63) is 23.8 Å². The third kappa shape index (κ3) is 0.827. The van der Waals surface area contributed by atoms with Gasteiger partial charge in [-0.3, -0.25) is 0 Å². The molecule has 0 amide bonds. The summed E-state index contributed by atoms with van der Waals surface area (Å²) in [6.45, 7) is 0. The highest BCUT2D eigenvalue weighted by atomic mass is 14.2. The van der Waals surface area contributed by atoms with Crippen molar-refractivity contribution in [3.63, 3.8) is 0 Å². The van der Waals surface area contributed by atoms with Crippen molar-refractivity contribution >= 4 is 0 Å². The normalized spacial score (nSPS) is 32.0. The number of hydrogen-bond acceptors (Lipinski definition) is 0. The van der Waals surface area contributed by atoms with Gasteiger partial charge in [0.15, 0.2) is 0 Å². The quantitative estimate of drug-likeness (QED) is 0.431. The average Bonchev–Trinajstić information content (AvgIpc) is 2.33. The van der Waals surface area contributed by atoms with Crippen LogP contribution in [0.3, 0.4) is 0 Å². The van der Waals surface area contributed by atoms with Crippen LogP contribution >= 0.6 is 0 Å². The first kappa shape index (κ1) is 5.28. The van der Waals surface area contributed by atoms with Gasteiger partial charge in [-0.25, -0.2) is 0 Å². The number of hydrogen-bond donors (Lipinski definition) is 0. The van der Waals surface area contributed by atoms with Gasteiger partial charge in [0.2, 0.25) is 0 Å². The Kier molecular flexibility index (Phi) is 1.18. The van der Waals surface area contributed by atoms with Gasteiger partial charge in [0, 0.05) is 0 Å². The van der Waals surface area contributed by atoms with Crippen LogP contribution in [-0.2, 0) is 0 Å². The molecule has 0 aromatic carbocycles. The number of allylic oxidation sites excluding steroid dienone is 4. The first-order valence-corrected chi connectivity index (χ1v) is 3.82. The Hall–Kier alpha value is -0.520. The largest absolute Gasteiger partial charge is 0.0844 e. The molecule has 0 heteroatoms. The fourth-order valence-electron chi connectivity index (χ4n) is 1.78. The van der Waals surface area contributed by atoms with Crippen molar-refractivity contribution in [2.45, 2.75) is 25.7 Å². The lowest BCUT2D eigenvalue weighted by Crippen LogP contribution is -2.00. The molecule has 0 spiro atoms. The summed E-state index contributed by atoms with van der Waals surface area (Å²) in [6, 6.07) is 0. The van der Waals surface area contributed by atoms with E-state index in [1.165, 1.54) is 25.7 Å². The lowest BCUT2D eigenvalue weighted by molar-refractivity contribution is 0.605. The Bertz CT molecular complexity index is 163. The van der Waals surface area contributed by atoms with Crippen molar-refractivity contribution < 1.29 is 0 Å². The predicted molar refractivity (Wildman–Crippen MR) is 39.2 cm³/mol. The summed E-state index contributed by atoms with van der Waals surface area (Å²) in [5.41, 5.74) is 1.68. The van der Waals surface area contributed by atoms with Crippen molar-refractivity contribution in [3.8, 4) is 0 Å². The van der Waals surface area contributed by atoms with E-state index in [1.54, 1.807) is 5.57 Å². The lowest BCUT2D eigenvalue weighted by atomic mass is 9.90. The third-order valence-electron chi connectivity index (χ3n) is 2.32. The summed E-state index contributed by atoms with van der Waals surface area (Å²) in [4.78, 5) is 0. The van der Waals surface area contributed by atoms with E-state index in [2.05, 4.69) is 18.2 Å². The highest BCUT2D eigenvalue weighted by molar-refractivity contribution is 5.24. The Morgan fingerprint density at radius 2 is 2.44 bits per heavy atom. The minimum atomic E-state index is 0.846. The van der Waals surface area contributed by atoms with Gasteiger partial charge in [-0.05, 0) is 31.6 Å². The lowest BCUT2D eigenvalue weighted by Gasteiger charge is -2.15. The molecule has 0 aromatic heterocycles. The van der Waals surface area contributed by atoms with Gasteiger partial charge in [0.05, 0.1) is 0 Å². The van der Waals surface area contributed by atoms with E-state index in [1.807, 2.05) is 0 Å². The zero-order valence-corrected chi connectivity index (χ0v) is 5.64. The minimum Gasteiger partial charge on any atom is -0.0844 e. The van der Waals surface area contributed by atoms with Crippen LogP contribution in [0.5, 0.6) is 0 Å². The van der Waals surface area contributed by atoms with E-state index < -0.39 is 0 Å². The van der Waals surface area contributed by atoms with Gasteiger partial charge in [0.1, 0.15) is 0 Å². The van der Waals surface area contributed by atoms with Crippen LogP contribution in [0.1, 0.15) is 25.7 Å². The summed E-state index contributed by atoms with van der Waals surface area (Å²) in [7, 11) is 0. The molecular weight excluding hydrogens is 108 g/mol. The second-order valence-electron chi connectivity index (χ2n) is 2.95. The molecule has 0 N–H and O–H groups in total. The van der Waals surface area contributed by atoms with Crippen LogP contribution in [0.4, 0.5) is 0 Å². The fourth-order valence-corrected chi connectivity index (χ4v) is 1.78. The van der Waals surface area contributed by atoms with E-state index >= 15 is 0 Å². The molecule has 48 valence electrons. The number of rotatable bonds is 0. The van der Waals surface area contributed by atoms with E-state index in [4.69, 9.17) is 0 Å². The second-order valence-corrected chi connectivity index (χ2v) is 2.95. The molecule has 0 unspecified atom stereocenters. The molecule has 0 aromatic rings. The van der Waals surface area contributed by atoms with Crippen LogP contribution in [0, 0.1) is 5.92 Å². The van der Waals surface area contributed by atoms with Gasteiger partial charge in [-0.1, -0.05) is 23.8 Å². The van der Waals surface area contributed by atoms with Gasteiger partial charge < -0.3 is 0 Å². The fraction of sp³-hybridized carbons (Fsp3) is 0.556. The molecule has 2 rings (SSSR count). The zero-order valence-electron chi connectivity index (χ0n) is 5.64. The molecule has 0 aliphatic heterocycles. The van der Waals surface area contributed by atoms with E-state index in [0.29, 0.717) is 0 Å². The van der Waals surface area contributed by atoms with Crippen LogP contribution < -0.4 is 0 Å². The molecule has 2 aliphatic carbocycles. The highest BCUT2D eigenvalue weighted by Gasteiger charge is 2.16. The maximum absolute atomic E-state index is 2.42. The summed E-state index contributed by atoms with van der Waals surface area (Å²) in [5, 5.41) is 0. The molecule has 0 saturated heterocycles. The Labute approximate surface area is 56.3 Å². The molecule has 0 fully saturated rings. The SMILES string of the molecule is C1=C[C@H]2CCCC=C2C1. The smallest absolute Gasteiger partial charge is 0.00200 e. The summed E-state index contributed by atoms with van der Waals surface area (Å²) >= 11 is 0. The van der Waals surface area contributed by atoms with Crippen molar-refractivity contribution in [2.75, 3.05) is 0 Å². The molecule has 1 atom stereocenters. The second kappa shape index (κ2) is 2.02. The van der Waals surface area contributed by atoms with Crippen LogP contribution in [0.2, 0.25) is 0 Å². The van der Waals surface area contributed by atoms with E-state index in [0.717, 1.165) is 5.92 Å². The summed E-state index contributed by atoms with van der Waals surface area (Å²) in [5.74, 6) is 0.846. The Morgan fingerprint density at radius 1 is 1.44 bits per heavy atom. The van der Waals surface area contributed by atoms with Gasteiger partial charge in [0.25, 0.3) is 0 Å². The van der Waals surface area contributed by atoms with E-state index in [9.17, 15) is 0 Å². The topological polar surface area (TPSA) is 0 Å². The maximum atomic E-state index is 2.42. The zero-order chi connectivity index (χ0) is 6.10. The molecule has 0 bridgehead atoms. The third-order valence-corrected chi connectivity index (χ3v) is 2.32. The van der Waals surface area contributed by atoms with Gasteiger partial charge in [-0.2, -0.15) is 0 Å². The standard InChI is InChI=1S/C9H12/c1-2-5-9-7-3-6-8(9)4-1/h3-4,7,9H,1-2,5-6H2/t9-/m1/s1. The first-order chi connectivity index (χ1) is 4.47. The molecule has 0 radical (unpaired) electrons. The molecule has 9 heavy (non-hydrogen) atoms. The Balaban J connectivity index is 2.22. The highest BCUT2D eigenvalue weighted by Crippen LogP contribution is 2.32. The molecular formula is C9H12. The van der Waals surface area contributed by atoms with Gasteiger partial charge >= 0.3 is 0 Å². The Morgan fingerprint density at radius 3 is 3.33 bits per heavy atom. The minimum absolute atomic E-state index is 0.846. The molecule has 2 aliphatic rings. The predicted octanol–water partition coefficient (Wildman–Crippen LogP) is 2.67. The van der Waals surface area contributed by atoms with E-state index in [-0.39, 0.29) is 0 Å². The number of fused-ring (bicyclic) bond motifs is 1. The first-order valence-electron chi connectivity index (χ1n) is 3.82. The maximum Gasteiger partial charge on any atom is -0.00200 e. The summed E-state index contributed by atoms with van der Waals surface area (Å²) < 4.78 is 0. The molecule has 0 saturated carbocycles. The van der Waals surface area contributed by atoms with Crippen molar-refractivity contribution in [2.24, 2.45) is 5.92 Å². The van der Waals surface area contributed by atoms with Crippen molar-refractivity contribution in [1.82, 2.24) is 0 Å². The molecule has 0 nitrogen and oxygen atoms in total. The monoisotopic (exact) mass is 120 g/mol. The van der Waals surface area contributed by atoms with Crippen molar-refractivity contribution in [1.29, 1.82) is 0 Å². The summed E-state index contributed by atoms with van der Waals surface area (Å²) in [6.07, 6.45) is 12.5. The van der Waals surface area contributed by atoms with Crippen LogP contribution in [0.25, 0.3) is 0 Å². The molecule has 0 heterocycles. The average molecular weight is 120 g/mol. The van der Waals surface area contributed by atoms with Crippen LogP contribution in [-0.4, -0.2) is 0 Å². The van der Waals surface area contributed by atoms with Crippen LogP contribution in [0.15, 0.2) is 23.8 Å².